The monoisotopic (exact) mass is 305 g/mol. The highest BCUT2D eigenvalue weighted by Gasteiger charge is 2.18. The number of carbonyl (C=O) groups excluding carboxylic acids is 1. The minimum absolute atomic E-state index is 0.209. The summed E-state index contributed by atoms with van der Waals surface area (Å²) in [6.45, 7) is 1.88. The molecule has 0 unspecified atom stereocenters. The molecule has 20 heavy (non-hydrogen) atoms. The molecule has 1 N–H and O–H groups in total. The van der Waals surface area contributed by atoms with Crippen molar-refractivity contribution in [1.29, 1.82) is 0 Å². The maximum atomic E-state index is 12.3. The normalized spacial score (nSPS) is 10.9. The van der Waals surface area contributed by atoms with Crippen LogP contribution >= 0.6 is 22.9 Å². The molecule has 4 nitrogen and oxygen atoms in total. The predicted molar refractivity (Wildman–Crippen MR) is 82.7 cm³/mol. The molecule has 6 heteroatoms. The van der Waals surface area contributed by atoms with E-state index in [0.717, 1.165) is 15.8 Å². The molecule has 2 aromatic heterocycles. The van der Waals surface area contributed by atoms with Crippen LogP contribution in [0.5, 0.6) is 0 Å². The summed E-state index contributed by atoms with van der Waals surface area (Å²) in [5, 5.41) is 8.44. The third-order valence-electron chi connectivity index (χ3n) is 2.98. The van der Waals surface area contributed by atoms with E-state index in [4.69, 9.17) is 11.6 Å². The second-order valence-electron chi connectivity index (χ2n) is 4.49. The molecule has 0 atom stereocenters. The fourth-order valence-electron chi connectivity index (χ4n) is 2.06. The third-order valence-corrected chi connectivity index (χ3v) is 4.66. The molecule has 0 aliphatic rings. The number of nitrogens with one attached hydrogen (secondary N) is 1. The molecule has 1 amide bonds. The lowest BCUT2D eigenvalue weighted by Crippen LogP contribution is -2.13. The Morgan fingerprint density at radius 2 is 2.15 bits per heavy atom. The molecule has 0 aliphatic heterocycles. The van der Waals surface area contributed by atoms with Gasteiger partial charge in [0.15, 0.2) is 0 Å². The van der Waals surface area contributed by atoms with Gasteiger partial charge in [0.1, 0.15) is 10.7 Å². The Labute approximate surface area is 125 Å². The van der Waals surface area contributed by atoms with Crippen molar-refractivity contribution < 1.29 is 4.79 Å². The maximum Gasteiger partial charge on any atom is 0.268 e. The van der Waals surface area contributed by atoms with Gasteiger partial charge in [-0.2, -0.15) is 5.10 Å². The lowest BCUT2D eigenvalue weighted by Gasteiger charge is -2.03. The van der Waals surface area contributed by atoms with Crippen molar-refractivity contribution in [2.75, 3.05) is 5.32 Å². The minimum atomic E-state index is -0.209. The number of halogens is 1. The Kier molecular flexibility index (Phi) is 3.23. The summed E-state index contributed by atoms with van der Waals surface area (Å²) in [7, 11) is 1.79. The number of thiophene rings is 1. The molecule has 0 spiro atoms. The molecule has 102 valence electrons. The van der Waals surface area contributed by atoms with Crippen LogP contribution in [-0.4, -0.2) is 15.7 Å². The summed E-state index contributed by atoms with van der Waals surface area (Å²) in [5.74, 6) is 0.445. The second-order valence-corrected chi connectivity index (χ2v) is 5.92. The average Bonchev–Trinajstić information content (AvgIpc) is 2.91. The first-order valence-electron chi connectivity index (χ1n) is 6.05. The van der Waals surface area contributed by atoms with Crippen molar-refractivity contribution in [3.05, 3.63) is 45.9 Å². The van der Waals surface area contributed by atoms with Crippen LogP contribution < -0.4 is 5.32 Å². The van der Waals surface area contributed by atoms with E-state index in [9.17, 15) is 4.79 Å². The third kappa shape index (κ3) is 2.19. The Morgan fingerprint density at radius 3 is 2.80 bits per heavy atom. The van der Waals surface area contributed by atoms with Crippen molar-refractivity contribution in [2.45, 2.75) is 6.92 Å². The number of aromatic nitrogens is 2. The molecule has 3 rings (SSSR count). The molecule has 0 radical (unpaired) electrons. The minimum Gasteiger partial charge on any atom is -0.306 e. The average molecular weight is 306 g/mol. The Balaban J connectivity index is 1.96. The van der Waals surface area contributed by atoms with Gasteiger partial charge in [-0.1, -0.05) is 29.8 Å². The van der Waals surface area contributed by atoms with Gasteiger partial charge in [0.25, 0.3) is 5.91 Å². The van der Waals surface area contributed by atoms with Gasteiger partial charge in [0.2, 0.25) is 0 Å². The van der Waals surface area contributed by atoms with Crippen molar-refractivity contribution in [3.63, 3.8) is 0 Å². The topological polar surface area (TPSA) is 46.9 Å². The second kappa shape index (κ2) is 4.92. The van der Waals surface area contributed by atoms with Crippen LogP contribution in [0, 0.1) is 6.92 Å². The standard InChI is InChI=1S/C14H12ClN3OS/c1-8-7-11(18(2)17-8)16-14(19)13-12(15)9-5-3-4-6-10(9)20-13/h3-7H,1-2H3,(H,16,19). The van der Waals surface area contributed by atoms with Crippen LogP contribution in [0.1, 0.15) is 15.4 Å². The van der Waals surface area contributed by atoms with Crippen molar-refractivity contribution in [2.24, 2.45) is 7.05 Å². The van der Waals surface area contributed by atoms with Gasteiger partial charge in [-0.25, -0.2) is 0 Å². The molecular weight excluding hydrogens is 294 g/mol. The maximum absolute atomic E-state index is 12.3. The number of carbonyl (C=O) groups is 1. The zero-order valence-corrected chi connectivity index (χ0v) is 12.5. The summed E-state index contributed by atoms with van der Waals surface area (Å²) in [6.07, 6.45) is 0. The summed E-state index contributed by atoms with van der Waals surface area (Å²) >= 11 is 7.68. The van der Waals surface area contributed by atoms with Gasteiger partial charge >= 0.3 is 0 Å². The predicted octanol–water partition coefficient (Wildman–Crippen LogP) is 3.85. The van der Waals surface area contributed by atoms with Crippen molar-refractivity contribution in [1.82, 2.24) is 9.78 Å². The van der Waals surface area contributed by atoms with Crippen LogP contribution in [0.25, 0.3) is 10.1 Å². The summed E-state index contributed by atoms with van der Waals surface area (Å²) in [6, 6.07) is 9.53. The molecular formula is C14H12ClN3OS. The molecule has 2 heterocycles. The van der Waals surface area contributed by atoms with E-state index in [1.807, 2.05) is 37.3 Å². The van der Waals surface area contributed by atoms with Gasteiger partial charge < -0.3 is 5.32 Å². The number of anilines is 1. The van der Waals surface area contributed by atoms with Crippen molar-refractivity contribution in [3.8, 4) is 0 Å². The van der Waals surface area contributed by atoms with E-state index in [1.54, 1.807) is 11.7 Å². The van der Waals surface area contributed by atoms with E-state index in [-0.39, 0.29) is 5.91 Å². The van der Waals surface area contributed by atoms with Gasteiger partial charge in [-0.15, -0.1) is 11.3 Å². The number of rotatable bonds is 2. The van der Waals surface area contributed by atoms with Crippen LogP contribution in [-0.2, 0) is 7.05 Å². The van der Waals surface area contributed by atoms with E-state index in [1.165, 1.54) is 11.3 Å². The van der Waals surface area contributed by atoms with E-state index in [2.05, 4.69) is 10.4 Å². The molecule has 0 fully saturated rings. The number of fused-ring (bicyclic) bond motifs is 1. The molecule has 0 saturated carbocycles. The number of aryl methyl sites for hydroxylation is 2. The number of nitrogens with zero attached hydrogens (tertiary/aromatic N) is 2. The zero-order valence-electron chi connectivity index (χ0n) is 11.0. The lowest BCUT2D eigenvalue weighted by molar-refractivity contribution is 0.103. The van der Waals surface area contributed by atoms with Gasteiger partial charge in [0.05, 0.1) is 10.7 Å². The number of benzene rings is 1. The molecule has 0 saturated heterocycles. The highest BCUT2D eigenvalue weighted by molar-refractivity contribution is 7.21. The van der Waals surface area contributed by atoms with Gasteiger partial charge in [0, 0.05) is 23.2 Å². The summed E-state index contributed by atoms with van der Waals surface area (Å²) in [5.41, 5.74) is 0.852. The Morgan fingerprint density at radius 1 is 1.40 bits per heavy atom. The Hall–Kier alpha value is -1.85. The van der Waals surface area contributed by atoms with Crippen LogP contribution in [0.4, 0.5) is 5.82 Å². The summed E-state index contributed by atoms with van der Waals surface area (Å²) < 4.78 is 2.64. The van der Waals surface area contributed by atoms with E-state index in [0.29, 0.717) is 15.7 Å². The lowest BCUT2D eigenvalue weighted by atomic mass is 10.2. The smallest absolute Gasteiger partial charge is 0.268 e. The molecule has 0 bridgehead atoms. The highest BCUT2D eigenvalue weighted by atomic mass is 35.5. The quantitative estimate of drug-likeness (QED) is 0.781. The first-order chi connectivity index (χ1) is 9.56. The SMILES string of the molecule is Cc1cc(NC(=O)c2sc3ccccc3c2Cl)n(C)n1. The van der Waals surface area contributed by atoms with Gasteiger partial charge in [-0.3, -0.25) is 9.48 Å². The highest BCUT2D eigenvalue weighted by Crippen LogP contribution is 2.35. The molecule has 1 aromatic carbocycles. The molecule has 0 aliphatic carbocycles. The van der Waals surface area contributed by atoms with E-state index < -0.39 is 0 Å². The van der Waals surface area contributed by atoms with Gasteiger partial charge in [-0.05, 0) is 13.0 Å². The molecule has 3 aromatic rings. The van der Waals surface area contributed by atoms with Crippen LogP contribution in [0.2, 0.25) is 5.02 Å². The van der Waals surface area contributed by atoms with Crippen LogP contribution in [0.3, 0.4) is 0 Å². The number of hydrogen-bond acceptors (Lipinski definition) is 3. The number of amides is 1. The first-order valence-corrected chi connectivity index (χ1v) is 7.24. The Bertz CT molecular complexity index is 806. The first kappa shape index (κ1) is 13.1. The fourth-order valence-corrected chi connectivity index (χ4v) is 3.47. The van der Waals surface area contributed by atoms with Crippen molar-refractivity contribution >= 4 is 44.7 Å². The summed E-state index contributed by atoms with van der Waals surface area (Å²) in [4.78, 5) is 12.9. The zero-order chi connectivity index (χ0) is 14.3. The van der Waals surface area contributed by atoms with E-state index >= 15 is 0 Å². The number of hydrogen-bond donors (Lipinski definition) is 1. The largest absolute Gasteiger partial charge is 0.306 e. The fraction of sp³-hybridized carbons (Fsp3) is 0.143. The van der Waals surface area contributed by atoms with Crippen LogP contribution in [0.15, 0.2) is 30.3 Å².